The summed E-state index contributed by atoms with van der Waals surface area (Å²) < 4.78 is 26.3. The van der Waals surface area contributed by atoms with Crippen molar-refractivity contribution in [1.29, 1.82) is 0 Å². The summed E-state index contributed by atoms with van der Waals surface area (Å²) in [5, 5.41) is 6.37. The van der Waals surface area contributed by atoms with Gasteiger partial charge in [0.25, 0.3) is 5.91 Å². The third-order valence-corrected chi connectivity index (χ3v) is 4.84. The Morgan fingerprint density at radius 1 is 1.04 bits per heavy atom. The van der Waals surface area contributed by atoms with Gasteiger partial charge in [-0.25, -0.2) is 13.8 Å². The summed E-state index contributed by atoms with van der Waals surface area (Å²) in [7, 11) is 3.80. The molecule has 0 atom stereocenters. The Morgan fingerprint density at radius 2 is 1.71 bits per heavy atom. The highest BCUT2D eigenvalue weighted by Crippen LogP contribution is 2.23. The molecule has 28 heavy (non-hydrogen) atoms. The minimum Gasteiger partial charge on any atom is -0.367 e. The van der Waals surface area contributed by atoms with Crippen LogP contribution < -0.4 is 15.5 Å². The van der Waals surface area contributed by atoms with E-state index in [-0.39, 0.29) is 23.6 Å². The second kappa shape index (κ2) is 8.50. The van der Waals surface area contributed by atoms with Crippen molar-refractivity contribution in [1.82, 2.24) is 15.3 Å². The number of carbonyl (C=O) groups excluding carboxylic acids is 1. The SMILES string of the molecule is Cc1cc(N[C@H]2CC[C@@H](NC(=O)c3ccc(F)c(F)c3)CC2)nc(N(C)C)n1. The van der Waals surface area contributed by atoms with Crippen LogP contribution in [0, 0.1) is 18.6 Å². The number of aromatic nitrogens is 2. The fourth-order valence-corrected chi connectivity index (χ4v) is 3.32. The van der Waals surface area contributed by atoms with Crippen LogP contribution in [0.15, 0.2) is 24.3 Å². The third-order valence-electron chi connectivity index (χ3n) is 4.84. The number of aryl methyl sites for hydroxylation is 1. The third kappa shape index (κ3) is 4.94. The number of nitrogens with one attached hydrogen (secondary N) is 2. The lowest BCUT2D eigenvalue weighted by atomic mass is 9.91. The van der Waals surface area contributed by atoms with Gasteiger partial charge in [0.2, 0.25) is 5.95 Å². The van der Waals surface area contributed by atoms with Crippen molar-refractivity contribution in [3.63, 3.8) is 0 Å². The van der Waals surface area contributed by atoms with Gasteiger partial charge in [-0.1, -0.05) is 0 Å². The molecule has 2 N–H and O–H groups in total. The summed E-state index contributed by atoms with van der Waals surface area (Å²) in [4.78, 5) is 23.0. The summed E-state index contributed by atoms with van der Waals surface area (Å²) in [5.74, 6) is -0.892. The summed E-state index contributed by atoms with van der Waals surface area (Å²) in [6.07, 6.45) is 3.36. The maximum Gasteiger partial charge on any atom is 0.251 e. The quantitative estimate of drug-likeness (QED) is 0.821. The molecular formula is C20H25F2N5O. The van der Waals surface area contributed by atoms with Crippen molar-refractivity contribution in [3.05, 3.63) is 47.2 Å². The molecule has 1 aliphatic carbocycles. The number of amides is 1. The molecule has 0 unspecified atom stereocenters. The minimum atomic E-state index is -1.02. The molecule has 8 heteroatoms. The maximum atomic E-state index is 13.3. The lowest BCUT2D eigenvalue weighted by molar-refractivity contribution is 0.0926. The molecule has 1 aromatic heterocycles. The Bertz CT molecular complexity index is 850. The first-order valence-corrected chi connectivity index (χ1v) is 9.37. The molecule has 1 saturated carbocycles. The molecule has 3 rings (SSSR count). The van der Waals surface area contributed by atoms with E-state index in [1.165, 1.54) is 6.07 Å². The number of anilines is 2. The first-order chi connectivity index (χ1) is 13.3. The smallest absolute Gasteiger partial charge is 0.251 e. The van der Waals surface area contributed by atoms with E-state index >= 15 is 0 Å². The zero-order valence-corrected chi connectivity index (χ0v) is 16.3. The summed E-state index contributed by atoms with van der Waals surface area (Å²) in [6.45, 7) is 1.94. The van der Waals surface area contributed by atoms with E-state index in [9.17, 15) is 13.6 Å². The van der Waals surface area contributed by atoms with Crippen molar-refractivity contribution in [3.8, 4) is 0 Å². The zero-order chi connectivity index (χ0) is 20.3. The number of halogens is 2. The van der Waals surface area contributed by atoms with Gasteiger partial charge in [-0.2, -0.15) is 4.98 Å². The van der Waals surface area contributed by atoms with Crippen LogP contribution in [0.5, 0.6) is 0 Å². The van der Waals surface area contributed by atoms with Gasteiger partial charge >= 0.3 is 0 Å². The van der Waals surface area contributed by atoms with Gasteiger partial charge in [0.05, 0.1) is 0 Å². The molecule has 1 aliphatic rings. The van der Waals surface area contributed by atoms with Crippen LogP contribution in [0.25, 0.3) is 0 Å². The molecule has 0 bridgehead atoms. The molecule has 1 heterocycles. The fraction of sp³-hybridized carbons (Fsp3) is 0.450. The van der Waals surface area contributed by atoms with Gasteiger partial charge in [-0.15, -0.1) is 0 Å². The van der Waals surface area contributed by atoms with E-state index in [4.69, 9.17) is 0 Å². The molecule has 2 aromatic rings. The fourth-order valence-electron chi connectivity index (χ4n) is 3.32. The second-order valence-corrected chi connectivity index (χ2v) is 7.38. The van der Waals surface area contributed by atoms with Crippen LogP contribution in [-0.2, 0) is 0 Å². The van der Waals surface area contributed by atoms with Gasteiger partial charge in [0, 0.05) is 43.5 Å². The predicted octanol–water partition coefficient (Wildman–Crippen LogP) is 3.28. The molecule has 150 valence electrons. The Morgan fingerprint density at radius 3 is 2.36 bits per heavy atom. The van der Waals surface area contributed by atoms with Gasteiger partial charge < -0.3 is 15.5 Å². The van der Waals surface area contributed by atoms with Crippen molar-refractivity contribution >= 4 is 17.7 Å². The number of carbonyl (C=O) groups is 1. The number of hydrogen-bond acceptors (Lipinski definition) is 5. The molecule has 1 fully saturated rings. The van der Waals surface area contributed by atoms with Crippen LogP contribution in [0.2, 0.25) is 0 Å². The molecule has 0 aliphatic heterocycles. The van der Waals surface area contributed by atoms with E-state index in [1.807, 2.05) is 32.0 Å². The molecule has 6 nitrogen and oxygen atoms in total. The predicted molar refractivity (Wildman–Crippen MR) is 105 cm³/mol. The highest BCUT2D eigenvalue weighted by atomic mass is 19.2. The van der Waals surface area contributed by atoms with Crippen LogP contribution >= 0.6 is 0 Å². The van der Waals surface area contributed by atoms with E-state index in [0.29, 0.717) is 5.95 Å². The van der Waals surface area contributed by atoms with Crippen molar-refractivity contribution < 1.29 is 13.6 Å². The largest absolute Gasteiger partial charge is 0.367 e. The maximum absolute atomic E-state index is 13.3. The average molecular weight is 389 g/mol. The number of rotatable bonds is 5. The van der Waals surface area contributed by atoms with E-state index in [0.717, 1.165) is 49.3 Å². The molecule has 1 aromatic carbocycles. The molecule has 0 saturated heterocycles. The lowest BCUT2D eigenvalue weighted by Crippen LogP contribution is -2.40. The topological polar surface area (TPSA) is 70.2 Å². The summed E-state index contributed by atoms with van der Waals surface area (Å²) in [5.41, 5.74) is 1.03. The lowest BCUT2D eigenvalue weighted by Gasteiger charge is -2.30. The van der Waals surface area contributed by atoms with Crippen molar-refractivity contribution in [2.75, 3.05) is 24.3 Å². The van der Waals surface area contributed by atoms with E-state index in [1.54, 1.807) is 0 Å². The first-order valence-electron chi connectivity index (χ1n) is 9.37. The summed E-state index contributed by atoms with van der Waals surface area (Å²) in [6, 6.07) is 5.39. The summed E-state index contributed by atoms with van der Waals surface area (Å²) >= 11 is 0. The highest BCUT2D eigenvalue weighted by molar-refractivity contribution is 5.94. The van der Waals surface area contributed by atoms with Gasteiger partial charge in [-0.05, 0) is 50.8 Å². The second-order valence-electron chi connectivity index (χ2n) is 7.38. The number of nitrogens with zero attached hydrogens (tertiary/aromatic N) is 3. The van der Waals surface area contributed by atoms with E-state index < -0.39 is 11.6 Å². The van der Waals surface area contributed by atoms with Gasteiger partial charge in [-0.3, -0.25) is 4.79 Å². The van der Waals surface area contributed by atoms with Crippen LogP contribution in [-0.4, -0.2) is 42.1 Å². The van der Waals surface area contributed by atoms with Crippen molar-refractivity contribution in [2.45, 2.75) is 44.7 Å². The molecular weight excluding hydrogens is 364 g/mol. The van der Waals surface area contributed by atoms with Gasteiger partial charge in [0.15, 0.2) is 11.6 Å². The Labute approximate surface area is 163 Å². The number of hydrogen-bond donors (Lipinski definition) is 2. The standard InChI is InChI=1S/C20H25F2N5O/c1-12-10-18(26-20(23-12)27(2)3)24-14-5-7-15(8-6-14)25-19(28)13-4-9-16(21)17(22)11-13/h4,9-11,14-15H,5-8H2,1-3H3,(H,25,28)(H,23,24,26)/t14-,15+. The van der Waals surface area contributed by atoms with Gasteiger partial charge in [0.1, 0.15) is 5.82 Å². The molecule has 0 radical (unpaired) electrons. The van der Waals surface area contributed by atoms with Crippen molar-refractivity contribution in [2.24, 2.45) is 0 Å². The van der Waals surface area contributed by atoms with E-state index in [2.05, 4.69) is 20.6 Å². The Hall–Kier alpha value is -2.77. The zero-order valence-electron chi connectivity index (χ0n) is 16.3. The Kier molecular flexibility index (Phi) is 6.06. The first kappa shape index (κ1) is 20.0. The normalized spacial score (nSPS) is 19.2. The molecule has 1 amide bonds. The average Bonchev–Trinajstić information content (AvgIpc) is 2.65. The van der Waals surface area contributed by atoms with Crippen LogP contribution in [0.4, 0.5) is 20.5 Å². The Balaban J connectivity index is 1.53. The van der Waals surface area contributed by atoms with Crippen LogP contribution in [0.3, 0.4) is 0 Å². The number of benzene rings is 1. The molecule has 0 spiro atoms. The monoisotopic (exact) mass is 389 g/mol. The minimum absolute atomic E-state index is 0.0168. The highest BCUT2D eigenvalue weighted by Gasteiger charge is 2.23. The van der Waals surface area contributed by atoms with Crippen LogP contribution in [0.1, 0.15) is 41.7 Å².